The van der Waals surface area contributed by atoms with Gasteiger partial charge in [0.1, 0.15) is 12.1 Å². The molecule has 0 spiro atoms. The van der Waals surface area contributed by atoms with E-state index in [0.717, 1.165) is 5.56 Å². The summed E-state index contributed by atoms with van der Waals surface area (Å²) in [5, 5.41) is 4.05. The lowest BCUT2D eigenvalue weighted by molar-refractivity contribution is 0.584. The van der Waals surface area contributed by atoms with Crippen LogP contribution < -0.4 is 4.72 Å². The third-order valence-corrected chi connectivity index (χ3v) is 5.16. The molecule has 0 aliphatic heterocycles. The van der Waals surface area contributed by atoms with E-state index in [9.17, 15) is 12.8 Å². The predicted molar refractivity (Wildman–Crippen MR) is 92.2 cm³/mol. The number of halogens is 1. The van der Waals surface area contributed by atoms with Crippen LogP contribution in [0.25, 0.3) is 0 Å². The lowest BCUT2D eigenvalue weighted by Gasteiger charge is -2.08. The van der Waals surface area contributed by atoms with Crippen LogP contribution in [0.5, 0.6) is 0 Å². The standard InChI is InChI=1S/C17H17FN4O2S/c1-12-7-8-16(13(2)9-12)25(23,24)21-17-19-11-22(20-17)10-14-5-3-4-6-15(14)18/h3-9,11H,10H2,1-2H3,(H,20,21). The fourth-order valence-electron chi connectivity index (χ4n) is 2.49. The minimum absolute atomic E-state index is 0.0590. The van der Waals surface area contributed by atoms with Gasteiger partial charge < -0.3 is 0 Å². The van der Waals surface area contributed by atoms with Crippen LogP contribution in [0.2, 0.25) is 0 Å². The highest BCUT2D eigenvalue weighted by molar-refractivity contribution is 7.92. The fraction of sp³-hybridized carbons (Fsp3) is 0.176. The molecule has 130 valence electrons. The monoisotopic (exact) mass is 360 g/mol. The molecule has 0 atom stereocenters. The Kier molecular flexibility index (Phi) is 4.54. The average molecular weight is 360 g/mol. The molecule has 0 saturated carbocycles. The zero-order chi connectivity index (χ0) is 18.0. The van der Waals surface area contributed by atoms with Crippen molar-refractivity contribution in [1.29, 1.82) is 0 Å². The molecule has 0 unspecified atom stereocenters. The van der Waals surface area contributed by atoms with E-state index in [0.29, 0.717) is 11.1 Å². The number of rotatable bonds is 5. The molecule has 8 heteroatoms. The van der Waals surface area contributed by atoms with E-state index < -0.39 is 10.0 Å². The zero-order valence-electron chi connectivity index (χ0n) is 13.8. The lowest BCUT2D eigenvalue weighted by Crippen LogP contribution is -2.15. The first-order valence-electron chi connectivity index (χ1n) is 7.58. The second kappa shape index (κ2) is 6.64. The summed E-state index contributed by atoms with van der Waals surface area (Å²) in [6.45, 7) is 3.78. The van der Waals surface area contributed by atoms with Crippen molar-refractivity contribution in [2.45, 2.75) is 25.3 Å². The van der Waals surface area contributed by atoms with Gasteiger partial charge in [-0.05, 0) is 31.5 Å². The Morgan fingerprint density at radius 2 is 1.92 bits per heavy atom. The van der Waals surface area contributed by atoms with Gasteiger partial charge in [-0.15, -0.1) is 5.10 Å². The minimum atomic E-state index is -3.79. The first-order valence-corrected chi connectivity index (χ1v) is 9.06. The van der Waals surface area contributed by atoms with E-state index in [1.165, 1.54) is 17.1 Å². The summed E-state index contributed by atoms with van der Waals surface area (Å²) in [6, 6.07) is 11.4. The number of aryl methyl sites for hydroxylation is 2. The van der Waals surface area contributed by atoms with Crippen molar-refractivity contribution in [3.05, 3.63) is 71.3 Å². The van der Waals surface area contributed by atoms with Crippen molar-refractivity contribution in [2.75, 3.05) is 4.72 Å². The summed E-state index contributed by atoms with van der Waals surface area (Å²) in [5.74, 6) is -0.410. The molecule has 3 aromatic rings. The molecule has 0 fully saturated rings. The van der Waals surface area contributed by atoms with Gasteiger partial charge in [-0.2, -0.15) is 4.98 Å². The Morgan fingerprint density at radius 1 is 1.16 bits per heavy atom. The largest absolute Gasteiger partial charge is 0.264 e. The number of anilines is 1. The normalized spacial score (nSPS) is 11.5. The highest BCUT2D eigenvalue weighted by Crippen LogP contribution is 2.19. The second-order valence-corrected chi connectivity index (χ2v) is 7.38. The van der Waals surface area contributed by atoms with E-state index in [1.54, 1.807) is 43.3 Å². The molecular weight excluding hydrogens is 343 g/mol. The molecule has 2 aromatic carbocycles. The van der Waals surface area contributed by atoms with Gasteiger partial charge in [0.15, 0.2) is 0 Å². The van der Waals surface area contributed by atoms with Gasteiger partial charge in [-0.3, -0.25) is 0 Å². The van der Waals surface area contributed by atoms with Gasteiger partial charge in [-0.25, -0.2) is 22.2 Å². The Bertz CT molecular complexity index is 1010. The minimum Gasteiger partial charge on any atom is -0.246 e. The molecule has 0 saturated heterocycles. The smallest absolute Gasteiger partial charge is 0.246 e. The van der Waals surface area contributed by atoms with Gasteiger partial charge in [0, 0.05) is 5.56 Å². The first-order chi connectivity index (χ1) is 11.8. The van der Waals surface area contributed by atoms with Gasteiger partial charge >= 0.3 is 0 Å². The summed E-state index contributed by atoms with van der Waals surface area (Å²) in [4.78, 5) is 4.11. The summed E-state index contributed by atoms with van der Waals surface area (Å²) in [5.41, 5.74) is 2.05. The Balaban J connectivity index is 1.80. The topological polar surface area (TPSA) is 76.9 Å². The van der Waals surface area contributed by atoms with Gasteiger partial charge in [-0.1, -0.05) is 35.9 Å². The molecular formula is C17H17FN4O2S. The molecule has 3 rings (SSSR count). The number of hydrogen-bond acceptors (Lipinski definition) is 4. The maximum absolute atomic E-state index is 13.7. The van der Waals surface area contributed by atoms with Crippen molar-refractivity contribution >= 4 is 16.0 Å². The third kappa shape index (κ3) is 3.85. The lowest BCUT2D eigenvalue weighted by atomic mass is 10.2. The van der Waals surface area contributed by atoms with Crippen LogP contribution in [-0.4, -0.2) is 23.2 Å². The van der Waals surface area contributed by atoms with Crippen LogP contribution in [0.3, 0.4) is 0 Å². The summed E-state index contributed by atoms with van der Waals surface area (Å²) in [6.07, 6.45) is 1.35. The number of nitrogens with one attached hydrogen (secondary N) is 1. The molecule has 1 aromatic heterocycles. The number of aromatic nitrogens is 3. The summed E-state index contributed by atoms with van der Waals surface area (Å²) < 4.78 is 42.4. The highest BCUT2D eigenvalue weighted by Gasteiger charge is 2.19. The van der Waals surface area contributed by atoms with Gasteiger partial charge in [0.05, 0.1) is 11.4 Å². The van der Waals surface area contributed by atoms with Crippen molar-refractivity contribution in [2.24, 2.45) is 0 Å². The molecule has 6 nitrogen and oxygen atoms in total. The second-order valence-electron chi connectivity index (χ2n) is 5.73. The number of benzene rings is 2. The Labute approximate surface area is 145 Å². The highest BCUT2D eigenvalue weighted by atomic mass is 32.2. The predicted octanol–water partition coefficient (Wildman–Crippen LogP) is 2.88. The summed E-state index contributed by atoms with van der Waals surface area (Å²) >= 11 is 0. The number of nitrogens with zero attached hydrogens (tertiary/aromatic N) is 3. The van der Waals surface area contributed by atoms with Gasteiger partial charge in [0.25, 0.3) is 16.0 Å². The van der Waals surface area contributed by atoms with Crippen LogP contribution in [0.4, 0.5) is 10.3 Å². The quantitative estimate of drug-likeness (QED) is 0.759. The summed E-state index contributed by atoms with van der Waals surface area (Å²) in [7, 11) is -3.79. The molecule has 1 heterocycles. The van der Waals surface area contributed by atoms with Crippen molar-refractivity contribution in [3.63, 3.8) is 0 Å². The van der Waals surface area contributed by atoms with E-state index in [-0.39, 0.29) is 23.2 Å². The van der Waals surface area contributed by atoms with Crippen LogP contribution in [-0.2, 0) is 16.6 Å². The van der Waals surface area contributed by atoms with E-state index in [2.05, 4.69) is 14.8 Å². The number of hydrogen-bond donors (Lipinski definition) is 1. The molecule has 0 radical (unpaired) electrons. The molecule has 25 heavy (non-hydrogen) atoms. The van der Waals surface area contributed by atoms with E-state index in [4.69, 9.17) is 0 Å². The Morgan fingerprint density at radius 3 is 2.64 bits per heavy atom. The molecule has 0 bridgehead atoms. The van der Waals surface area contributed by atoms with Crippen LogP contribution in [0.1, 0.15) is 16.7 Å². The van der Waals surface area contributed by atoms with Gasteiger partial charge in [0.2, 0.25) is 0 Å². The van der Waals surface area contributed by atoms with Crippen molar-refractivity contribution in [1.82, 2.24) is 14.8 Å². The average Bonchev–Trinajstić information content (AvgIpc) is 2.95. The van der Waals surface area contributed by atoms with E-state index >= 15 is 0 Å². The first kappa shape index (κ1) is 17.1. The maximum atomic E-state index is 13.7. The van der Waals surface area contributed by atoms with Crippen molar-refractivity contribution in [3.8, 4) is 0 Å². The molecule has 1 N–H and O–H groups in total. The van der Waals surface area contributed by atoms with Crippen LogP contribution in [0, 0.1) is 19.7 Å². The number of sulfonamides is 1. The fourth-order valence-corrected chi connectivity index (χ4v) is 3.67. The maximum Gasteiger partial charge on any atom is 0.264 e. The third-order valence-electron chi connectivity index (χ3n) is 3.67. The zero-order valence-corrected chi connectivity index (χ0v) is 14.6. The van der Waals surface area contributed by atoms with Crippen LogP contribution >= 0.6 is 0 Å². The van der Waals surface area contributed by atoms with Crippen molar-refractivity contribution < 1.29 is 12.8 Å². The van der Waals surface area contributed by atoms with E-state index in [1.807, 2.05) is 6.92 Å². The molecule has 0 aliphatic rings. The Hall–Kier alpha value is -2.74. The van der Waals surface area contributed by atoms with Crippen LogP contribution in [0.15, 0.2) is 53.7 Å². The SMILES string of the molecule is Cc1ccc(S(=O)(=O)Nc2ncn(Cc3ccccc3F)n2)c(C)c1. The molecule has 0 amide bonds. The molecule has 0 aliphatic carbocycles.